The highest BCUT2D eigenvalue weighted by atomic mass is 32.2. The average molecular weight is 2210 g/mol. The van der Waals surface area contributed by atoms with Gasteiger partial charge in [0.25, 0.3) is 29.5 Å². The number of sulfonamides is 5. The summed E-state index contributed by atoms with van der Waals surface area (Å²) < 4.78 is 296. The number of aromatic nitrogens is 5. The molecule has 5 aliphatic heterocycles. The normalized spacial score (nSPS) is 18.7. The number of nitrogens with zero attached hydrogens (tertiary/aromatic N) is 6. The number of benzene rings is 5. The van der Waals surface area contributed by atoms with Gasteiger partial charge in [-0.1, -0.05) is 86.1 Å². The lowest BCUT2D eigenvalue weighted by atomic mass is 10.0. The lowest BCUT2D eigenvalue weighted by Gasteiger charge is -2.27. The van der Waals surface area contributed by atoms with Crippen LogP contribution < -0.4 is 73.9 Å². The average Bonchev–Trinajstić information content (AvgIpc) is 1.66. The molecule has 0 spiro atoms. The fourth-order valence-corrected chi connectivity index (χ4v) is 21.9. The summed E-state index contributed by atoms with van der Waals surface area (Å²) >= 11 is 0. The molecule has 8 atom stereocenters. The number of halogens is 9. The van der Waals surface area contributed by atoms with E-state index in [1.807, 2.05) is 4.72 Å². The van der Waals surface area contributed by atoms with Crippen molar-refractivity contribution in [1.82, 2.24) is 46.4 Å². The third kappa shape index (κ3) is 27.8. The summed E-state index contributed by atoms with van der Waals surface area (Å²) in [5.74, 6) is -17.5. The first kappa shape index (κ1) is 126. The van der Waals surface area contributed by atoms with Gasteiger partial charge in [0.05, 0.1) is 50.6 Å². The van der Waals surface area contributed by atoms with Gasteiger partial charge in [-0.2, -0.15) is 14.7 Å². The first-order chi connectivity index (χ1) is 66.9. The summed E-state index contributed by atoms with van der Waals surface area (Å²) in [6, 6.07) is 10.8. The second-order valence-electron chi connectivity index (χ2n) is 33.0. The van der Waals surface area contributed by atoms with Gasteiger partial charge in [-0.3, -0.25) is 33.6 Å². The maximum atomic E-state index is 13.5. The summed E-state index contributed by atoms with van der Waals surface area (Å²) in [7, 11) is -12.4. The van der Waals surface area contributed by atoms with Crippen molar-refractivity contribution in [3.8, 4) is 34.8 Å². The van der Waals surface area contributed by atoms with E-state index < -0.39 is 230 Å². The number of nitrogens with one attached hydrogen (secondary N) is 10. The van der Waals surface area contributed by atoms with Gasteiger partial charge in [-0.05, 0) is 84.5 Å². The Morgan fingerprint density at radius 2 is 0.591 bits per heavy atom. The molecule has 5 aliphatic rings. The molecule has 0 saturated carbocycles. The Bertz CT molecular complexity index is 7170. The largest absolute Gasteiger partial charge is 0.487 e. The molecule has 0 saturated heterocycles. The summed E-state index contributed by atoms with van der Waals surface area (Å²) in [5.41, 5.74) is -0.904. The van der Waals surface area contributed by atoms with Gasteiger partial charge in [0.15, 0.2) is 116 Å². The van der Waals surface area contributed by atoms with Crippen LogP contribution in [0.25, 0.3) is 0 Å². The number of amides is 5. The highest BCUT2D eigenvalue weighted by Crippen LogP contribution is 2.42. The molecule has 818 valence electrons. The molecule has 57 heteroatoms. The quantitative estimate of drug-likeness (QED) is 0.0280. The number of hydrogen-bond acceptors (Lipinski definition) is 27. The molecule has 10 aromatic rings. The minimum Gasteiger partial charge on any atom is -0.487 e. The Labute approximate surface area is 853 Å². The summed E-state index contributed by atoms with van der Waals surface area (Å²) in [6.45, 7) is 8.34. The number of esters is 1. The fourth-order valence-electron chi connectivity index (χ4n) is 14.9. The fraction of sp³-hybridized carbons (Fsp3) is 0.370. The van der Waals surface area contributed by atoms with E-state index in [-0.39, 0.29) is 173 Å². The molecule has 5 aromatic heterocycles. The van der Waals surface area contributed by atoms with Crippen LogP contribution in [0.5, 0.6) is 28.7 Å². The number of anilines is 5. The standard InChI is InChI=1S/C19H21FN4O5S.2C18H21F2N3O5S.C16H15F2N3O6S.C15H13F2N3O6S.6CH4/c1-10(2)17-14(9-25)23-30(27,28)15-8-24(3)16(18(15)29-17)19(26)22-12-4-5-13(20)11(6-12)7-21;2*1-9(2)16-13(8-24)22-29(26,27)14-7-23(3)15(17(14)28-16)18(25)21-10-4-5-11(19)12(20)6-10;1-21-6-12-14(27-7-11(16(23)26-2)20-28(12,24)25)13(21)15(22)19-8-3-4-9(17)10(18)5-8;1-20-5-11-13(26-6-10(15(22)23)19-27(11,24)25)12(20)14(21)18-7-2-3-8(16)9(17)4-7;;;;;;/h4-6,8,10,14,17,23,25H,9H2,1-3H3,(H,22,26);2*4-7,9,13,16,22,24H,8H2,1-3H3,(H,21,25);3-6,11,20H,7H2,1-2H3,(H,19,22);2-5,10,19H,6H2,1H3,(H,18,21)(H,22,23);6*1H4/t14-,17-;2*13-,16-;;;;;;;;/m110......../s1. The van der Waals surface area contributed by atoms with Crippen LogP contribution in [0.1, 0.15) is 144 Å². The molecule has 0 bridgehead atoms. The van der Waals surface area contributed by atoms with E-state index in [1.165, 1.54) is 101 Å². The van der Waals surface area contributed by atoms with E-state index >= 15 is 0 Å². The summed E-state index contributed by atoms with van der Waals surface area (Å²) in [5, 5.41) is 58.8. The number of aliphatic hydroxyl groups is 3. The number of rotatable bonds is 18. The maximum Gasteiger partial charge on any atom is 0.327 e. The molecule has 10 heterocycles. The topological polar surface area (TPSA) is 595 Å². The van der Waals surface area contributed by atoms with Gasteiger partial charge >= 0.3 is 11.9 Å². The van der Waals surface area contributed by atoms with Crippen LogP contribution in [0.15, 0.2) is 146 Å². The van der Waals surface area contributed by atoms with Crippen molar-refractivity contribution in [2.45, 2.75) is 159 Å². The highest BCUT2D eigenvalue weighted by Gasteiger charge is 2.46. The zero-order chi connectivity index (χ0) is 106. The van der Waals surface area contributed by atoms with E-state index in [0.717, 1.165) is 86.2 Å². The van der Waals surface area contributed by atoms with E-state index in [2.05, 4.69) is 50.2 Å². The van der Waals surface area contributed by atoms with Crippen molar-refractivity contribution >= 4 is 120 Å². The smallest absolute Gasteiger partial charge is 0.327 e. The van der Waals surface area contributed by atoms with E-state index in [0.29, 0.717) is 0 Å². The molecule has 14 N–H and O–H groups in total. The monoisotopic (exact) mass is 2210 g/mol. The minimum absolute atomic E-state index is 0. The Morgan fingerprint density at radius 1 is 0.369 bits per heavy atom. The van der Waals surface area contributed by atoms with Crippen molar-refractivity contribution in [3.63, 3.8) is 0 Å². The van der Waals surface area contributed by atoms with Crippen LogP contribution in [-0.4, -0.2) is 215 Å². The van der Waals surface area contributed by atoms with Gasteiger partial charge in [0.2, 0.25) is 50.1 Å². The Kier molecular flexibility index (Phi) is 42.5. The van der Waals surface area contributed by atoms with Crippen molar-refractivity contribution in [2.75, 3.05) is 66.7 Å². The molecule has 5 aromatic carbocycles. The molecule has 2 unspecified atom stereocenters. The number of methoxy groups -OCH3 is 1. The van der Waals surface area contributed by atoms with E-state index in [9.17, 15) is 130 Å². The van der Waals surface area contributed by atoms with Gasteiger partial charge in [0, 0.05) is 119 Å². The van der Waals surface area contributed by atoms with Gasteiger partial charge < -0.3 is 98.3 Å². The summed E-state index contributed by atoms with van der Waals surface area (Å²) in [6.07, 6.45) is 3.69. The molecule has 0 fully saturated rings. The Balaban J connectivity index is 0.000000324. The van der Waals surface area contributed by atoms with Crippen molar-refractivity contribution in [2.24, 2.45) is 53.0 Å². The van der Waals surface area contributed by atoms with E-state index in [4.69, 9.17) is 34.1 Å². The number of aryl methyl sites for hydroxylation is 5. The molecule has 43 nitrogen and oxygen atoms in total. The van der Waals surface area contributed by atoms with Crippen LogP contribution in [-0.2, 0) is 99.7 Å². The molecule has 149 heavy (non-hydrogen) atoms. The van der Waals surface area contributed by atoms with E-state index in [1.54, 1.807) is 47.6 Å². The summed E-state index contributed by atoms with van der Waals surface area (Å²) in [4.78, 5) is 85.0. The zero-order valence-corrected chi connectivity index (χ0v) is 80.8. The number of carbonyl (C=O) groups is 7. The van der Waals surface area contributed by atoms with Gasteiger partial charge in [0.1, 0.15) is 67.9 Å². The van der Waals surface area contributed by atoms with Crippen molar-refractivity contribution < 1.29 is 164 Å². The number of carboxylic acids is 1. The number of aliphatic carboxylic acids is 1. The highest BCUT2D eigenvalue weighted by molar-refractivity contribution is 7.90. The molecule has 15 rings (SSSR count). The number of nitriles is 1. The van der Waals surface area contributed by atoms with Crippen LogP contribution >= 0.6 is 0 Å². The predicted octanol–water partition coefficient (Wildman–Crippen LogP) is 9.83. The van der Waals surface area contributed by atoms with Crippen LogP contribution in [0.3, 0.4) is 0 Å². The maximum absolute atomic E-state index is 13.5. The van der Waals surface area contributed by atoms with Crippen LogP contribution in [0, 0.1) is 81.4 Å². The van der Waals surface area contributed by atoms with Crippen molar-refractivity contribution in [3.05, 3.63) is 208 Å². The lowest BCUT2D eigenvalue weighted by Crippen LogP contribution is -2.48. The molecule has 5 amide bonds. The third-order valence-electron chi connectivity index (χ3n) is 21.7. The SMILES string of the molecule is C.C.C.C.C.C.CC(C)[C@@H]1Oc2c(cn(C)c2C(=O)Nc2ccc(F)c(F)c2)S(=O)(=O)N[C@H]1CO.CC(C)[C@H]1Oc2c(cn(C)c2C(=O)Nc2ccc(F)c(C#N)c2)S(=O)(=O)N[C@@H]1CO.CC(C)[C@H]1Oc2c(cn(C)c2C(=O)Nc2ccc(F)c(F)c2)S(=O)(=O)N[C@@H]1CO.COC(=O)C1COc2c(cn(C)c2C(=O)Nc2ccc(F)c(F)c2)S(=O)(=O)N1.Cn1cc2c(c1C(=O)Nc1ccc(F)c(F)c1)OCC(C(=O)O)NS2(=O)=O. The number of aliphatic hydroxyl groups excluding tert-OH is 3. The number of hydrogen-bond donors (Lipinski definition) is 14. The first-order valence-corrected chi connectivity index (χ1v) is 49.4. The Morgan fingerprint density at radius 3 is 0.819 bits per heavy atom. The molecular formula is C92H115F9N16O27S5. The Hall–Kier alpha value is -13.9. The second-order valence-corrected chi connectivity index (χ2v) is 41.5. The van der Waals surface area contributed by atoms with Crippen LogP contribution in [0.4, 0.5) is 68.0 Å². The third-order valence-corrected chi connectivity index (χ3v) is 29.1. The number of carbonyl (C=O) groups excluding carboxylic acids is 6. The minimum atomic E-state index is -4.26. The zero-order valence-electron chi connectivity index (χ0n) is 76.7. The first-order valence-electron chi connectivity index (χ1n) is 42.0. The van der Waals surface area contributed by atoms with Crippen molar-refractivity contribution in [1.29, 1.82) is 5.26 Å². The molecule has 0 aliphatic carbocycles. The number of fused-ring (bicyclic) bond motifs is 5. The lowest BCUT2D eigenvalue weighted by molar-refractivity contribution is -0.143. The molecular weight excluding hydrogens is 2090 g/mol. The number of carboxylic acid groups (broad SMARTS) is 1. The van der Waals surface area contributed by atoms with Gasteiger partial charge in [-0.25, -0.2) is 95.8 Å². The van der Waals surface area contributed by atoms with Gasteiger partial charge in [-0.15, -0.1) is 0 Å². The predicted molar refractivity (Wildman–Crippen MR) is 524 cm³/mol. The van der Waals surface area contributed by atoms with Crippen LogP contribution in [0.2, 0.25) is 0 Å². The molecule has 0 radical (unpaired) electrons. The second kappa shape index (κ2) is 50.4. The number of ether oxygens (including phenoxy) is 6.